The van der Waals surface area contributed by atoms with Crippen molar-refractivity contribution >= 4 is 17.2 Å². The molecule has 0 aliphatic rings. The number of benzene rings is 2. The predicted octanol–water partition coefficient (Wildman–Crippen LogP) is 4.91. The Kier molecular flexibility index (Phi) is 6.54. The second-order valence-corrected chi connectivity index (χ2v) is 7.01. The molecule has 0 atom stereocenters. The number of thiazole rings is 1. The van der Waals surface area contributed by atoms with Gasteiger partial charge in [-0.25, -0.2) is 9.37 Å². The highest BCUT2D eigenvalue weighted by molar-refractivity contribution is 7.09. The quantitative estimate of drug-likeness (QED) is 0.554. The van der Waals surface area contributed by atoms with E-state index >= 15 is 0 Å². The van der Waals surface area contributed by atoms with Gasteiger partial charge in [-0.3, -0.25) is 4.79 Å². The third-order valence-corrected chi connectivity index (χ3v) is 4.80. The Morgan fingerprint density at radius 2 is 1.89 bits per heavy atom. The van der Waals surface area contributed by atoms with Gasteiger partial charge in [0.25, 0.3) is 5.91 Å². The standard InChI is InChI=1S/C21H21FN2O2S/c1-2-12-24(21(25)16-8-10-17(22)11-9-16)13-18-15-27-20(23-18)14-26-19-6-4-3-5-7-19/h3-11,15H,2,12-14H2,1H3. The van der Waals surface area contributed by atoms with Gasteiger partial charge >= 0.3 is 0 Å². The van der Waals surface area contributed by atoms with Crippen molar-refractivity contribution in [2.24, 2.45) is 0 Å². The summed E-state index contributed by atoms with van der Waals surface area (Å²) in [4.78, 5) is 19.0. The van der Waals surface area contributed by atoms with Gasteiger partial charge in [-0.2, -0.15) is 0 Å². The second-order valence-electron chi connectivity index (χ2n) is 6.07. The van der Waals surface area contributed by atoms with E-state index < -0.39 is 0 Å². The Balaban J connectivity index is 1.63. The lowest BCUT2D eigenvalue weighted by Crippen LogP contribution is -2.31. The van der Waals surface area contributed by atoms with Gasteiger partial charge < -0.3 is 9.64 Å². The number of rotatable bonds is 8. The molecule has 1 heterocycles. The minimum atomic E-state index is -0.351. The normalized spacial score (nSPS) is 10.6. The van der Waals surface area contributed by atoms with Crippen LogP contribution in [-0.4, -0.2) is 22.3 Å². The van der Waals surface area contributed by atoms with E-state index in [0.717, 1.165) is 22.9 Å². The maximum atomic E-state index is 13.1. The van der Waals surface area contributed by atoms with Crippen molar-refractivity contribution in [2.75, 3.05) is 6.54 Å². The highest BCUT2D eigenvalue weighted by Crippen LogP contribution is 2.17. The third kappa shape index (κ3) is 5.37. The summed E-state index contributed by atoms with van der Waals surface area (Å²) in [6.07, 6.45) is 0.834. The number of para-hydroxylation sites is 1. The molecule has 0 fully saturated rings. The highest BCUT2D eigenvalue weighted by Gasteiger charge is 2.17. The van der Waals surface area contributed by atoms with Gasteiger partial charge in [0.15, 0.2) is 0 Å². The van der Waals surface area contributed by atoms with Gasteiger partial charge in [0.2, 0.25) is 0 Å². The number of hydrogen-bond acceptors (Lipinski definition) is 4. The fourth-order valence-corrected chi connectivity index (χ4v) is 3.34. The molecule has 3 rings (SSSR count). The number of aromatic nitrogens is 1. The molecule has 0 saturated heterocycles. The molecule has 1 amide bonds. The summed E-state index contributed by atoms with van der Waals surface area (Å²) in [5.74, 6) is 0.330. The van der Waals surface area contributed by atoms with Crippen LogP contribution in [0.1, 0.15) is 34.4 Å². The van der Waals surface area contributed by atoms with Crippen LogP contribution in [0.2, 0.25) is 0 Å². The summed E-state index contributed by atoms with van der Waals surface area (Å²) in [7, 11) is 0. The summed E-state index contributed by atoms with van der Waals surface area (Å²) in [5, 5.41) is 2.81. The first-order valence-electron chi connectivity index (χ1n) is 8.81. The van der Waals surface area contributed by atoms with Crippen LogP contribution >= 0.6 is 11.3 Å². The lowest BCUT2D eigenvalue weighted by atomic mass is 10.2. The zero-order valence-corrected chi connectivity index (χ0v) is 15.9. The summed E-state index contributed by atoms with van der Waals surface area (Å²) < 4.78 is 18.8. The van der Waals surface area contributed by atoms with Gasteiger partial charge in [0.1, 0.15) is 23.2 Å². The highest BCUT2D eigenvalue weighted by atomic mass is 32.1. The smallest absolute Gasteiger partial charge is 0.254 e. The number of carbonyl (C=O) groups excluding carboxylic acids is 1. The maximum Gasteiger partial charge on any atom is 0.254 e. The summed E-state index contributed by atoms with van der Waals surface area (Å²) in [5.41, 5.74) is 1.31. The molecule has 0 radical (unpaired) electrons. The van der Waals surface area contributed by atoms with E-state index in [4.69, 9.17) is 4.74 Å². The monoisotopic (exact) mass is 384 g/mol. The minimum absolute atomic E-state index is 0.119. The van der Waals surface area contributed by atoms with Crippen LogP contribution in [0.3, 0.4) is 0 Å². The zero-order chi connectivity index (χ0) is 19.1. The van der Waals surface area contributed by atoms with Crippen molar-refractivity contribution in [3.8, 4) is 5.75 Å². The summed E-state index contributed by atoms with van der Waals surface area (Å²) in [6.45, 7) is 3.45. The lowest BCUT2D eigenvalue weighted by Gasteiger charge is -2.21. The Hall–Kier alpha value is -2.73. The van der Waals surface area contributed by atoms with Crippen LogP contribution in [0.15, 0.2) is 60.0 Å². The molecular weight excluding hydrogens is 363 g/mol. The number of hydrogen-bond donors (Lipinski definition) is 0. The number of halogens is 1. The first-order chi connectivity index (χ1) is 13.2. The second kappa shape index (κ2) is 9.28. The third-order valence-electron chi connectivity index (χ3n) is 3.93. The van der Waals surface area contributed by atoms with E-state index in [-0.39, 0.29) is 11.7 Å². The van der Waals surface area contributed by atoms with Crippen molar-refractivity contribution in [3.05, 3.63) is 82.1 Å². The lowest BCUT2D eigenvalue weighted by molar-refractivity contribution is 0.0741. The fraction of sp³-hybridized carbons (Fsp3) is 0.238. The van der Waals surface area contributed by atoms with Gasteiger partial charge in [-0.05, 0) is 42.8 Å². The topological polar surface area (TPSA) is 42.4 Å². The van der Waals surface area contributed by atoms with E-state index in [1.54, 1.807) is 4.90 Å². The molecule has 0 N–H and O–H groups in total. The predicted molar refractivity (Wildman–Crippen MR) is 104 cm³/mol. The molecule has 0 aliphatic heterocycles. The average Bonchev–Trinajstić information content (AvgIpc) is 3.14. The molecule has 0 bridgehead atoms. The van der Waals surface area contributed by atoms with Crippen LogP contribution < -0.4 is 4.74 Å². The van der Waals surface area contributed by atoms with Crippen LogP contribution in [0.5, 0.6) is 5.75 Å². The first-order valence-corrected chi connectivity index (χ1v) is 9.69. The molecule has 4 nitrogen and oxygen atoms in total. The molecule has 0 saturated carbocycles. The molecule has 0 aliphatic carbocycles. The summed E-state index contributed by atoms with van der Waals surface area (Å²) >= 11 is 1.51. The minimum Gasteiger partial charge on any atom is -0.486 e. The molecular formula is C21H21FN2O2S. The van der Waals surface area contributed by atoms with Crippen molar-refractivity contribution in [1.82, 2.24) is 9.88 Å². The van der Waals surface area contributed by atoms with Gasteiger partial charge in [-0.1, -0.05) is 25.1 Å². The largest absolute Gasteiger partial charge is 0.486 e. The number of amides is 1. The molecule has 1 aromatic heterocycles. The van der Waals surface area contributed by atoms with E-state index in [1.807, 2.05) is 42.6 Å². The van der Waals surface area contributed by atoms with E-state index in [2.05, 4.69) is 4.98 Å². The first kappa shape index (κ1) is 19.0. The SMILES string of the molecule is CCCN(Cc1csc(COc2ccccc2)n1)C(=O)c1ccc(F)cc1. The average molecular weight is 384 g/mol. The Morgan fingerprint density at radius 3 is 2.59 bits per heavy atom. The molecule has 0 spiro atoms. The van der Waals surface area contributed by atoms with E-state index in [1.165, 1.54) is 35.6 Å². The summed E-state index contributed by atoms with van der Waals surface area (Å²) in [6, 6.07) is 15.2. The fourth-order valence-electron chi connectivity index (χ4n) is 2.64. The van der Waals surface area contributed by atoms with Gasteiger partial charge in [-0.15, -0.1) is 11.3 Å². The van der Waals surface area contributed by atoms with Crippen molar-refractivity contribution in [2.45, 2.75) is 26.5 Å². The Morgan fingerprint density at radius 1 is 1.15 bits per heavy atom. The van der Waals surface area contributed by atoms with Gasteiger partial charge in [0.05, 0.1) is 12.2 Å². The molecule has 140 valence electrons. The molecule has 6 heteroatoms. The van der Waals surface area contributed by atoms with Crippen LogP contribution in [0.4, 0.5) is 4.39 Å². The number of carbonyl (C=O) groups is 1. The molecule has 0 unspecified atom stereocenters. The zero-order valence-electron chi connectivity index (χ0n) is 15.1. The van der Waals surface area contributed by atoms with Crippen molar-refractivity contribution < 1.29 is 13.9 Å². The van der Waals surface area contributed by atoms with Crippen LogP contribution in [0, 0.1) is 5.82 Å². The number of nitrogens with zero attached hydrogens (tertiary/aromatic N) is 2. The van der Waals surface area contributed by atoms with Crippen molar-refractivity contribution in [1.29, 1.82) is 0 Å². The van der Waals surface area contributed by atoms with Crippen LogP contribution in [-0.2, 0) is 13.2 Å². The van der Waals surface area contributed by atoms with Gasteiger partial charge in [0, 0.05) is 17.5 Å². The molecule has 2 aromatic carbocycles. The van der Waals surface area contributed by atoms with E-state index in [9.17, 15) is 9.18 Å². The Labute approximate surface area is 162 Å². The number of ether oxygens (including phenoxy) is 1. The molecule has 27 heavy (non-hydrogen) atoms. The molecule has 3 aromatic rings. The maximum absolute atomic E-state index is 13.1. The Bertz CT molecular complexity index is 865. The van der Waals surface area contributed by atoms with E-state index in [0.29, 0.717) is 25.3 Å². The van der Waals surface area contributed by atoms with Crippen LogP contribution in [0.25, 0.3) is 0 Å². The van der Waals surface area contributed by atoms with Crippen molar-refractivity contribution in [3.63, 3.8) is 0 Å².